The summed E-state index contributed by atoms with van der Waals surface area (Å²) in [6.07, 6.45) is 0.101. The van der Waals surface area contributed by atoms with Gasteiger partial charge in [-0.3, -0.25) is 24.6 Å². The molecule has 0 aromatic rings. The predicted molar refractivity (Wildman–Crippen MR) is 52.6 cm³/mol. The fraction of sp³-hybridized carbons (Fsp3) is 0.667. The van der Waals surface area contributed by atoms with Crippen LogP contribution in [-0.2, 0) is 14.4 Å². The smallest absolute Gasteiger partial charge is 0.247 e. The molecule has 1 saturated heterocycles. The lowest BCUT2D eigenvalue weighted by atomic mass is 10.2. The fourth-order valence-corrected chi connectivity index (χ4v) is 1.58. The number of carbonyl (C=O) groups excluding carboxylic acids is 3. The van der Waals surface area contributed by atoms with Crippen molar-refractivity contribution >= 4 is 17.7 Å². The van der Waals surface area contributed by atoms with Crippen molar-refractivity contribution in [2.75, 3.05) is 6.54 Å². The highest BCUT2D eigenvalue weighted by molar-refractivity contribution is 6.05. The van der Waals surface area contributed by atoms with Gasteiger partial charge in [-0.05, 0) is 13.8 Å². The number of likely N-dealkylation sites (tertiary alicyclic amines) is 1. The Labute approximate surface area is 87.8 Å². The van der Waals surface area contributed by atoms with Crippen molar-refractivity contribution in [3.05, 3.63) is 0 Å². The van der Waals surface area contributed by atoms with Crippen molar-refractivity contribution in [2.45, 2.75) is 32.4 Å². The van der Waals surface area contributed by atoms with Gasteiger partial charge < -0.3 is 5.73 Å². The van der Waals surface area contributed by atoms with Crippen LogP contribution in [0.1, 0.15) is 20.3 Å². The maximum atomic E-state index is 11.7. The Balaban J connectivity index is 2.61. The van der Waals surface area contributed by atoms with Gasteiger partial charge in [0.05, 0.1) is 19.0 Å². The van der Waals surface area contributed by atoms with Crippen molar-refractivity contribution in [2.24, 2.45) is 5.73 Å². The third kappa shape index (κ3) is 2.53. The third-order valence-electron chi connectivity index (χ3n) is 2.22. The molecule has 3 N–H and O–H groups in total. The number of imide groups is 1. The summed E-state index contributed by atoms with van der Waals surface area (Å²) >= 11 is 0. The number of hydrogen-bond donors (Lipinski definition) is 2. The molecule has 0 saturated carbocycles. The first-order valence-electron chi connectivity index (χ1n) is 4.81. The van der Waals surface area contributed by atoms with E-state index in [1.807, 2.05) is 0 Å². The Morgan fingerprint density at radius 1 is 1.60 bits per heavy atom. The van der Waals surface area contributed by atoms with E-state index in [9.17, 15) is 14.4 Å². The van der Waals surface area contributed by atoms with Crippen LogP contribution in [0.15, 0.2) is 0 Å². The van der Waals surface area contributed by atoms with Gasteiger partial charge in [0.15, 0.2) is 0 Å². The lowest BCUT2D eigenvalue weighted by Crippen LogP contribution is -2.44. The lowest BCUT2D eigenvalue weighted by Gasteiger charge is -2.18. The van der Waals surface area contributed by atoms with Crippen molar-refractivity contribution in [1.82, 2.24) is 10.2 Å². The first kappa shape index (κ1) is 11.6. The third-order valence-corrected chi connectivity index (χ3v) is 2.22. The Morgan fingerprint density at radius 3 is 2.60 bits per heavy atom. The van der Waals surface area contributed by atoms with E-state index in [0.29, 0.717) is 0 Å². The number of primary amides is 1. The summed E-state index contributed by atoms with van der Waals surface area (Å²) < 4.78 is 0. The van der Waals surface area contributed by atoms with Crippen LogP contribution in [0, 0.1) is 0 Å². The zero-order chi connectivity index (χ0) is 11.6. The van der Waals surface area contributed by atoms with Gasteiger partial charge in [0.25, 0.3) is 0 Å². The number of nitrogens with zero attached hydrogens (tertiary/aromatic N) is 1. The molecule has 0 spiro atoms. The minimum absolute atomic E-state index is 0.0877. The molecule has 1 heterocycles. The quantitative estimate of drug-likeness (QED) is 0.561. The summed E-state index contributed by atoms with van der Waals surface area (Å²) in [5, 5.41) is 2.66. The predicted octanol–water partition coefficient (Wildman–Crippen LogP) is -1.40. The molecule has 15 heavy (non-hydrogen) atoms. The highest BCUT2D eigenvalue weighted by Crippen LogP contribution is 2.15. The average Bonchev–Trinajstić information content (AvgIpc) is 2.37. The maximum Gasteiger partial charge on any atom is 0.247 e. The maximum absolute atomic E-state index is 11.7. The van der Waals surface area contributed by atoms with E-state index in [0.717, 1.165) is 0 Å². The minimum Gasteiger partial charge on any atom is -0.369 e. The molecule has 1 fully saturated rings. The molecule has 0 bridgehead atoms. The molecule has 1 atom stereocenters. The van der Waals surface area contributed by atoms with Crippen molar-refractivity contribution in [3.63, 3.8) is 0 Å². The number of nitrogens with one attached hydrogen (secondary N) is 1. The van der Waals surface area contributed by atoms with Gasteiger partial charge in [0.2, 0.25) is 17.7 Å². The van der Waals surface area contributed by atoms with Crippen molar-refractivity contribution < 1.29 is 14.4 Å². The molecule has 0 aromatic heterocycles. The van der Waals surface area contributed by atoms with Gasteiger partial charge in [-0.15, -0.1) is 0 Å². The Bertz CT molecular complexity index is 301. The van der Waals surface area contributed by atoms with Gasteiger partial charge in [-0.2, -0.15) is 0 Å². The molecular weight excluding hydrogens is 198 g/mol. The van der Waals surface area contributed by atoms with Crippen molar-refractivity contribution in [1.29, 1.82) is 0 Å². The molecule has 0 aromatic carbocycles. The van der Waals surface area contributed by atoms with E-state index < -0.39 is 11.9 Å². The second kappa shape index (κ2) is 4.39. The molecule has 1 rings (SSSR count). The highest BCUT2D eigenvalue weighted by atomic mass is 16.2. The average molecular weight is 213 g/mol. The normalized spacial score (nSPS) is 21.5. The first-order chi connectivity index (χ1) is 6.93. The van der Waals surface area contributed by atoms with E-state index in [4.69, 9.17) is 5.73 Å². The molecule has 1 aliphatic rings. The summed E-state index contributed by atoms with van der Waals surface area (Å²) in [6.45, 7) is 3.45. The molecule has 6 nitrogen and oxygen atoms in total. The SMILES string of the molecule is CC(C)N1C(=O)CC(NCC(N)=O)C1=O. The molecule has 1 aliphatic heterocycles. The fourth-order valence-electron chi connectivity index (χ4n) is 1.58. The second-order valence-electron chi connectivity index (χ2n) is 3.80. The zero-order valence-electron chi connectivity index (χ0n) is 8.82. The highest BCUT2D eigenvalue weighted by Gasteiger charge is 2.39. The summed E-state index contributed by atoms with van der Waals surface area (Å²) in [5.74, 6) is -1.04. The molecule has 3 amide bonds. The molecular formula is C9H15N3O3. The molecule has 84 valence electrons. The van der Waals surface area contributed by atoms with Gasteiger partial charge in [0, 0.05) is 6.04 Å². The number of nitrogens with two attached hydrogens (primary N) is 1. The van der Waals surface area contributed by atoms with Crippen LogP contribution in [0.2, 0.25) is 0 Å². The standard InChI is InChI=1S/C9H15N3O3/c1-5(2)12-8(14)3-6(9(12)15)11-4-7(10)13/h5-6,11H,3-4H2,1-2H3,(H2,10,13). The van der Waals surface area contributed by atoms with Crippen LogP contribution >= 0.6 is 0 Å². The number of hydrogen-bond acceptors (Lipinski definition) is 4. The number of carbonyl (C=O) groups is 3. The van der Waals surface area contributed by atoms with Crippen molar-refractivity contribution in [3.8, 4) is 0 Å². The molecule has 1 unspecified atom stereocenters. The van der Waals surface area contributed by atoms with E-state index in [-0.39, 0.29) is 30.8 Å². The summed E-state index contributed by atoms with van der Waals surface area (Å²) in [5.41, 5.74) is 4.93. The van der Waals surface area contributed by atoms with Crippen LogP contribution in [0.5, 0.6) is 0 Å². The van der Waals surface area contributed by atoms with E-state index in [2.05, 4.69) is 5.32 Å². The van der Waals surface area contributed by atoms with Gasteiger partial charge >= 0.3 is 0 Å². The minimum atomic E-state index is -0.604. The van der Waals surface area contributed by atoms with Crippen LogP contribution in [0.3, 0.4) is 0 Å². The molecule has 0 aliphatic carbocycles. The van der Waals surface area contributed by atoms with Crippen LogP contribution in [0.4, 0.5) is 0 Å². The monoisotopic (exact) mass is 213 g/mol. The lowest BCUT2D eigenvalue weighted by molar-refractivity contribution is -0.140. The summed E-state index contributed by atoms with van der Waals surface area (Å²) in [7, 11) is 0. The van der Waals surface area contributed by atoms with E-state index >= 15 is 0 Å². The zero-order valence-corrected chi connectivity index (χ0v) is 8.82. The van der Waals surface area contributed by atoms with Crippen LogP contribution in [0.25, 0.3) is 0 Å². The summed E-state index contributed by atoms with van der Waals surface area (Å²) in [4.78, 5) is 34.8. The Morgan fingerprint density at radius 2 is 2.20 bits per heavy atom. The van der Waals surface area contributed by atoms with Gasteiger partial charge in [-0.1, -0.05) is 0 Å². The van der Waals surface area contributed by atoms with Gasteiger partial charge in [0.1, 0.15) is 0 Å². The van der Waals surface area contributed by atoms with E-state index in [1.165, 1.54) is 4.90 Å². The van der Waals surface area contributed by atoms with Crippen LogP contribution < -0.4 is 11.1 Å². The van der Waals surface area contributed by atoms with Crippen LogP contribution in [-0.4, -0.2) is 41.2 Å². The second-order valence-corrected chi connectivity index (χ2v) is 3.80. The molecule has 0 radical (unpaired) electrons. The Hall–Kier alpha value is -1.43. The largest absolute Gasteiger partial charge is 0.369 e. The molecule has 6 heteroatoms. The summed E-state index contributed by atoms with van der Waals surface area (Å²) in [6, 6.07) is -0.752. The Kier molecular flexibility index (Phi) is 3.41. The number of rotatable bonds is 4. The first-order valence-corrected chi connectivity index (χ1v) is 4.81. The van der Waals surface area contributed by atoms with Gasteiger partial charge in [-0.25, -0.2) is 0 Å². The topological polar surface area (TPSA) is 92.5 Å². The van der Waals surface area contributed by atoms with E-state index in [1.54, 1.807) is 13.8 Å². The number of amides is 3.